The third-order valence-corrected chi connectivity index (χ3v) is 3.96. The Labute approximate surface area is 126 Å². The van der Waals surface area contributed by atoms with Gasteiger partial charge in [0.05, 0.1) is 17.8 Å². The van der Waals surface area contributed by atoms with Gasteiger partial charge in [-0.2, -0.15) is 18.3 Å². The van der Waals surface area contributed by atoms with Crippen LogP contribution in [0, 0.1) is 0 Å². The predicted molar refractivity (Wildman–Crippen MR) is 76.1 cm³/mol. The van der Waals surface area contributed by atoms with E-state index in [0.29, 0.717) is 11.4 Å². The van der Waals surface area contributed by atoms with E-state index in [2.05, 4.69) is 22.3 Å². The standard InChI is InChI=1S/C15H17F3N4/c1-14(6-2-7-20-14)10-22-8-5-13(21-22)12-4-3-11(9-19-12)15(16,17)18/h3-5,8-9,20H,2,6-7,10H2,1H3/t14-/m0/s1. The fraction of sp³-hybridized carbons (Fsp3) is 0.467. The summed E-state index contributed by atoms with van der Waals surface area (Å²) in [6, 6.07) is 4.15. The fourth-order valence-corrected chi connectivity index (χ4v) is 2.75. The summed E-state index contributed by atoms with van der Waals surface area (Å²) >= 11 is 0. The molecule has 118 valence electrons. The second-order valence-electron chi connectivity index (χ2n) is 5.92. The maximum absolute atomic E-state index is 12.5. The highest BCUT2D eigenvalue weighted by atomic mass is 19.4. The average molecular weight is 310 g/mol. The Balaban J connectivity index is 1.76. The molecule has 0 unspecified atom stereocenters. The Morgan fingerprint density at radius 3 is 2.68 bits per heavy atom. The molecule has 0 spiro atoms. The van der Waals surface area contributed by atoms with Crippen LogP contribution >= 0.6 is 0 Å². The van der Waals surface area contributed by atoms with Crippen LogP contribution < -0.4 is 5.32 Å². The van der Waals surface area contributed by atoms with Crippen molar-refractivity contribution in [3.05, 3.63) is 36.2 Å². The molecule has 3 rings (SSSR count). The van der Waals surface area contributed by atoms with E-state index in [0.717, 1.165) is 38.2 Å². The topological polar surface area (TPSA) is 42.7 Å². The summed E-state index contributed by atoms with van der Waals surface area (Å²) in [5, 5.41) is 7.87. The van der Waals surface area contributed by atoms with Crippen LogP contribution in [0.1, 0.15) is 25.3 Å². The lowest BCUT2D eigenvalue weighted by atomic mass is 10.0. The third kappa shape index (κ3) is 3.14. The molecule has 1 saturated heterocycles. The molecule has 1 atom stereocenters. The highest BCUT2D eigenvalue weighted by molar-refractivity contribution is 5.53. The van der Waals surface area contributed by atoms with Gasteiger partial charge in [0, 0.05) is 17.9 Å². The molecule has 2 aromatic rings. The molecule has 7 heteroatoms. The zero-order chi connectivity index (χ0) is 15.8. The number of halogens is 3. The molecule has 0 radical (unpaired) electrons. The largest absolute Gasteiger partial charge is 0.417 e. The van der Waals surface area contributed by atoms with Crippen molar-refractivity contribution in [1.29, 1.82) is 0 Å². The molecule has 0 saturated carbocycles. The summed E-state index contributed by atoms with van der Waals surface area (Å²) in [6.07, 6.45) is 0.535. The van der Waals surface area contributed by atoms with Crippen LogP contribution in [0.2, 0.25) is 0 Å². The molecule has 1 aliphatic rings. The van der Waals surface area contributed by atoms with Crippen molar-refractivity contribution < 1.29 is 13.2 Å². The van der Waals surface area contributed by atoms with E-state index in [9.17, 15) is 13.2 Å². The Bertz CT molecular complexity index is 640. The van der Waals surface area contributed by atoms with Crippen molar-refractivity contribution in [3.8, 4) is 11.4 Å². The number of aromatic nitrogens is 3. The van der Waals surface area contributed by atoms with Gasteiger partial charge in [-0.25, -0.2) is 0 Å². The predicted octanol–water partition coefficient (Wildman–Crippen LogP) is 3.11. The third-order valence-electron chi connectivity index (χ3n) is 3.96. The number of nitrogens with one attached hydrogen (secondary N) is 1. The molecule has 0 aliphatic carbocycles. The molecule has 4 nitrogen and oxygen atoms in total. The summed E-state index contributed by atoms with van der Waals surface area (Å²) in [7, 11) is 0. The number of hydrogen-bond donors (Lipinski definition) is 1. The van der Waals surface area contributed by atoms with Crippen LogP contribution in [-0.4, -0.2) is 26.8 Å². The number of pyridine rings is 1. The second-order valence-corrected chi connectivity index (χ2v) is 5.92. The van der Waals surface area contributed by atoms with Gasteiger partial charge in [-0.15, -0.1) is 0 Å². The Morgan fingerprint density at radius 2 is 2.09 bits per heavy atom. The van der Waals surface area contributed by atoms with Crippen molar-refractivity contribution >= 4 is 0 Å². The lowest BCUT2D eigenvalue weighted by Crippen LogP contribution is -2.40. The van der Waals surface area contributed by atoms with Crippen LogP contribution in [0.25, 0.3) is 11.4 Å². The van der Waals surface area contributed by atoms with E-state index in [-0.39, 0.29) is 5.54 Å². The first-order valence-electron chi connectivity index (χ1n) is 7.18. The van der Waals surface area contributed by atoms with Gasteiger partial charge in [-0.3, -0.25) is 9.67 Å². The van der Waals surface area contributed by atoms with Crippen LogP contribution in [0.4, 0.5) is 13.2 Å². The van der Waals surface area contributed by atoms with E-state index in [1.165, 1.54) is 6.07 Å². The SMILES string of the molecule is C[C@@]1(Cn2ccc(-c3ccc(C(F)(F)F)cn3)n2)CCCN1. The zero-order valence-corrected chi connectivity index (χ0v) is 12.2. The summed E-state index contributed by atoms with van der Waals surface area (Å²) in [4.78, 5) is 3.87. The lowest BCUT2D eigenvalue weighted by molar-refractivity contribution is -0.137. The number of alkyl halides is 3. The minimum atomic E-state index is -4.37. The molecule has 0 bridgehead atoms. The normalized spacial score (nSPS) is 22.2. The number of rotatable bonds is 3. The zero-order valence-electron chi connectivity index (χ0n) is 12.2. The lowest BCUT2D eigenvalue weighted by Gasteiger charge is -2.23. The van der Waals surface area contributed by atoms with Crippen molar-refractivity contribution in [3.63, 3.8) is 0 Å². The van der Waals surface area contributed by atoms with Gasteiger partial charge in [0.25, 0.3) is 0 Å². The van der Waals surface area contributed by atoms with Crippen LogP contribution in [0.3, 0.4) is 0 Å². The minimum Gasteiger partial charge on any atom is -0.310 e. The van der Waals surface area contributed by atoms with E-state index >= 15 is 0 Å². The van der Waals surface area contributed by atoms with E-state index < -0.39 is 11.7 Å². The average Bonchev–Trinajstić information content (AvgIpc) is 3.08. The maximum Gasteiger partial charge on any atom is 0.417 e. The second kappa shape index (κ2) is 5.39. The number of nitrogens with zero attached hydrogens (tertiary/aromatic N) is 3. The quantitative estimate of drug-likeness (QED) is 0.947. The van der Waals surface area contributed by atoms with Crippen LogP contribution in [0.15, 0.2) is 30.6 Å². The molecule has 3 heterocycles. The first-order chi connectivity index (χ1) is 10.4. The van der Waals surface area contributed by atoms with E-state index in [1.54, 1.807) is 6.07 Å². The number of hydrogen-bond acceptors (Lipinski definition) is 3. The van der Waals surface area contributed by atoms with Crippen molar-refractivity contribution in [1.82, 2.24) is 20.1 Å². The summed E-state index contributed by atoms with van der Waals surface area (Å²) in [5.41, 5.74) is 0.293. The summed E-state index contributed by atoms with van der Waals surface area (Å²) < 4.78 is 39.4. The van der Waals surface area contributed by atoms with E-state index in [1.807, 2.05) is 10.9 Å². The van der Waals surface area contributed by atoms with Crippen molar-refractivity contribution in [2.75, 3.05) is 6.54 Å². The van der Waals surface area contributed by atoms with Gasteiger partial charge in [0.2, 0.25) is 0 Å². The van der Waals surface area contributed by atoms with Crippen molar-refractivity contribution in [2.24, 2.45) is 0 Å². The highest BCUT2D eigenvalue weighted by Gasteiger charge is 2.31. The minimum absolute atomic E-state index is 0.0247. The maximum atomic E-state index is 12.5. The Kier molecular flexibility index (Phi) is 3.68. The smallest absolute Gasteiger partial charge is 0.310 e. The fourth-order valence-electron chi connectivity index (χ4n) is 2.75. The van der Waals surface area contributed by atoms with Gasteiger partial charge in [-0.05, 0) is 44.5 Å². The van der Waals surface area contributed by atoms with Crippen LogP contribution in [0.5, 0.6) is 0 Å². The first kappa shape index (κ1) is 15.0. The monoisotopic (exact) mass is 310 g/mol. The Hall–Kier alpha value is -1.89. The Morgan fingerprint density at radius 1 is 1.27 bits per heavy atom. The van der Waals surface area contributed by atoms with Gasteiger partial charge in [-0.1, -0.05) is 0 Å². The molecule has 0 aromatic carbocycles. The molecule has 22 heavy (non-hydrogen) atoms. The molecular formula is C15H17F3N4. The molecule has 0 amide bonds. The molecule has 1 fully saturated rings. The molecule has 1 N–H and O–H groups in total. The van der Waals surface area contributed by atoms with Crippen LogP contribution in [-0.2, 0) is 12.7 Å². The first-order valence-corrected chi connectivity index (χ1v) is 7.18. The van der Waals surface area contributed by atoms with E-state index in [4.69, 9.17) is 0 Å². The molecular weight excluding hydrogens is 293 g/mol. The highest BCUT2D eigenvalue weighted by Crippen LogP contribution is 2.29. The van der Waals surface area contributed by atoms with Gasteiger partial charge in [0.1, 0.15) is 5.69 Å². The van der Waals surface area contributed by atoms with Gasteiger partial charge < -0.3 is 5.32 Å². The summed E-state index contributed by atoms with van der Waals surface area (Å²) in [5.74, 6) is 0. The van der Waals surface area contributed by atoms with Gasteiger partial charge in [0.15, 0.2) is 0 Å². The molecule has 2 aromatic heterocycles. The summed E-state index contributed by atoms with van der Waals surface area (Å²) in [6.45, 7) is 3.89. The van der Waals surface area contributed by atoms with Gasteiger partial charge >= 0.3 is 6.18 Å². The van der Waals surface area contributed by atoms with Crippen molar-refractivity contribution in [2.45, 2.75) is 38.0 Å². The molecule has 1 aliphatic heterocycles.